The number of hydrogen-bond acceptors (Lipinski definition) is 2. The monoisotopic (exact) mass is 342 g/mol. The van der Waals surface area contributed by atoms with Gasteiger partial charge in [0.25, 0.3) is 5.91 Å². The second-order valence-electron chi connectivity index (χ2n) is 5.26. The zero-order valence-corrected chi connectivity index (χ0v) is 13.2. The molecule has 1 aliphatic rings. The van der Waals surface area contributed by atoms with Crippen molar-refractivity contribution in [3.63, 3.8) is 0 Å². The number of benzene rings is 1. The van der Waals surface area contributed by atoms with Crippen LogP contribution in [0.2, 0.25) is 0 Å². The molecule has 4 nitrogen and oxygen atoms in total. The maximum Gasteiger partial charge on any atom is 0.252 e. The second kappa shape index (κ2) is 5.16. The van der Waals surface area contributed by atoms with E-state index in [0.29, 0.717) is 11.0 Å². The minimum Gasteiger partial charge on any atom is -0.327 e. The number of carbonyl (C=O) groups is 2. The summed E-state index contributed by atoms with van der Waals surface area (Å²) in [5.74, 6) is -0.901. The number of halogens is 2. The summed E-state index contributed by atoms with van der Waals surface area (Å²) >= 11 is 3.12. The quantitative estimate of drug-likeness (QED) is 0.786. The number of anilines is 1. The molecular formula is C14H16BrFN2O2. The molecule has 108 valence electrons. The smallest absolute Gasteiger partial charge is 0.252 e. The minimum atomic E-state index is -0.973. The van der Waals surface area contributed by atoms with E-state index < -0.39 is 11.4 Å². The van der Waals surface area contributed by atoms with Gasteiger partial charge in [0.1, 0.15) is 5.54 Å². The molecule has 0 spiro atoms. The largest absolute Gasteiger partial charge is 0.327 e. The van der Waals surface area contributed by atoms with Gasteiger partial charge in [-0.2, -0.15) is 0 Å². The maximum absolute atomic E-state index is 14.1. The van der Waals surface area contributed by atoms with Crippen molar-refractivity contribution in [3.8, 4) is 0 Å². The molecule has 1 aromatic carbocycles. The summed E-state index contributed by atoms with van der Waals surface area (Å²) in [6.07, 6.45) is 0. The number of carbonyl (C=O) groups excluding carboxylic acids is 2. The summed E-state index contributed by atoms with van der Waals surface area (Å²) in [5, 5.41) is 0. The van der Waals surface area contributed by atoms with Crippen LogP contribution < -0.4 is 4.90 Å². The molecule has 0 unspecified atom stereocenters. The average molecular weight is 343 g/mol. The summed E-state index contributed by atoms with van der Waals surface area (Å²) < 4.78 is 14.5. The lowest BCUT2D eigenvalue weighted by atomic mass is 9.96. The van der Waals surface area contributed by atoms with E-state index in [1.807, 2.05) is 0 Å². The predicted octanol–water partition coefficient (Wildman–Crippen LogP) is 2.56. The summed E-state index contributed by atoms with van der Waals surface area (Å²) in [6.45, 7) is 5.47. The molecule has 0 radical (unpaired) electrons. The van der Waals surface area contributed by atoms with Crippen LogP contribution >= 0.6 is 15.9 Å². The molecule has 0 aromatic heterocycles. The molecule has 0 bridgehead atoms. The Labute approximate surface area is 125 Å². The van der Waals surface area contributed by atoms with Gasteiger partial charge in [0.2, 0.25) is 5.91 Å². The number of rotatable bonds is 1. The summed E-state index contributed by atoms with van der Waals surface area (Å²) in [7, 11) is 0. The van der Waals surface area contributed by atoms with Crippen molar-refractivity contribution in [1.82, 2.24) is 4.90 Å². The van der Waals surface area contributed by atoms with E-state index in [-0.39, 0.29) is 24.0 Å². The molecule has 0 saturated carbocycles. The Hall–Kier alpha value is -1.43. The molecule has 1 aromatic rings. The number of hydrogen-bond donors (Lipinski definition) is 0. The standard InChI is InChI=1S/C14H16BrFN2O2/c1-9(19)18-8-7-17(13(20)14(18,2)3)11-6-4-5-10(15)12(11)16/h4-6H,7-8H2,1-3H3. The zero-order chi connectivity index (χ0) is 15.1. The summed E-state index contributed by atoms with van der Waals surface area (Å²) in [4.78, 5) is 27.1. The van der Waals surface area contributed by atoms with Crippen LogP contribution in [0.1, 0.15) is 20.8 Å². The molecule has 1 saturated heterocycles. The van der Waals surface area contributed by atoms with Crippen molar-refractivity contribution in [1.29, 1.82) is 0 Å². The van der Waals surface area contributed by atoms with Crippen molar-refractivity contribution in [2.45, 2.75) is 26.3 Å². The lowest BCUT2D eigenvalue weighted by Gasteiger charge is -2.45. The molecule has 2 rings (SSSR count). The van der Waals surface area contributed by atoms with Crippen LogP contribution in [0.3, 0.4) is 0 Å². The van der Waals surface area contributed by atoms with E-state index in [0.717, 1.165) is 0 Å². The Balaban J connectivity index is 2.40. The van der Waals surface area contributed by atoms with E-state index in [2.05, 4.69) is 15.9 Å². The van der Waals surface area contributed by atoms with E-state index in [9.17, 15) is 14.0 Å². The van der Waals surface area contributed by atoms with Gasteiger partial charge in [-0.05, 0) is 41.9 Å². The first-order valence-electron chi connectivity index (χ1n) is 6.31. The van der Waals surface area contributed by atoms with Crippen molar-refractivity contribution in [2.75, 3.05) is 18.0 Å². The third-order valence-electron chi connectivity index (χ3n) is 3.59. The zero-order valence-electron chi connectivity index (χ0n) is 11.6. The van der Waals surface area contributed by atoms with E-state index in [1.165, 1.54) is 16.7 Å². The minimum absolute atomic E-state index is 0.155. The van der Waals surface area contributed by atoms with Crippen molar-refractivity contribution in [2.24, 2.45) is 0 Å². The maximum atomic E-state index is 14.1. The van der Waals surface area contributed by atoms with E-state index in [4.69, 9.17) is 0 Å². The summed E-state index contributed by atoms with van der Waals surface area (Å²) in [5.41, 5.74) is -0.737. The van der Waals surface area contributed by atoms with Gasteiger partial charge in [-0.1, -0.05) is 6.07 Å². The molecule has 0 N–H and O–H groups in total. The van der Waals surface area contributed by atoms with E-state index >= 15 is 0 Å². The fourth-order valence-corrected chi connectivity index (χ4v) is 2.86. The highest BCUT2D eigenvalue weighted by Crippen LogP contribution is 2.31. The Morgan fingerprint density at radius 1 is 1.35 bits per heavy atom. The Bertz CT molecular complexity index is 574. The van der Waals surface area contributed by atoms with Gasteiger partial charge in [0.15, 0.2) is 5.82 Å². The third kappa shape index (κ3) is 2.32. The van der Waals surface area contributed by atoms with Crippen molar-refractivity contribution >= 4 is 33.4 Å². The van der Waals surface area contributed by atoms with Crippen LogP contribution in [-0.2, 0) is 9.59 Å². The number of amides is 2. The highest BCUT2D eigenvalue weighted by molar-refractivity contribution is 9.10. The number of piperazine rings is 1. The lowest BCUT2D eigenvalue weighted by molar-refractivity contribution is -0.145. The van der Waals surface area contributed by atoms with Gasteiger partial charge in [0.05, 0.1) is 10.2 Å². The second-order valence-corrected chi connectivity index (χ2v) is 6.11. The van der Waals surface area contributed by atoms with Crippen LogP contribution in [0.4, 0.5) is 10.1 Å². The van der Waals surface area contributed by atoms with Gasteiger partial charge < -0.3 is 9.80 Å². The molecule has 1 heterocycles. The van der Waals surface area contributed by atoms with Crippen LogP contribution in [0, 0.1) is 5.82 Å². The lowest BCUT2D eigenvalue weighted by Crippen LogP contribution is -2.64. The molecule has 1 aliphatic heterocycles. The first-order chi connectivity index (χ1) is 9.26. The fourth-order valence-electron chi connectivity index (χ4n) is 2.51. The Morgan fingerprint density at radius 3 is 2.60 bits per heavy atom. The van der Waals surface area contributed by atoms with Crippen molar-refractivity contribution < 1.29 is 14.0 Å². The molecule has 20 heavy (non-hydrogen) atoms. The average Bonchev–Trinajstić information content (AvgIpc) is 2.36. The fraction of sp³-hybridized carbons (Fsp3) is 0.429. The predicted molar refractivity (Wildman–Crippen MR) is 77.9 cm³/mol. The van der Waals surface area contributed by atoms with Crippen LogP contribution in [0.15, 0.2) is 22.7 Å². The molecule has 2 amide bonds. The molecule has 0 atom stereocenters. The SMILES string of the molecule is CC(=O)N1CCN(c2cccc(Br)c2F)C(=O)C1(C)C. The normalized spacial score (nSPS) is 18.4. The highest BCUT2D eigenvalue weighted by atomic mass is 79.9. The molecular weight excluding hydrogens is 327 g/mol. The van der Waals surface area contributed by atoms with Crippen LogP contribution in [-0.4, -0.2) is 35.3 Å². The molecule has 6 heteroatoms. The van der Waals surface area contributed by atoms with Gasteiger partial charge in [-0.3, -0.25) is 9.59 Å². The number of nitrogens with zero attached hydrogens (tertiary/aromatic N) is 2. The molecule has 0 aliphatic carbocycles. The molecule has 1 fully saturated rings. The first-order valence-corrected chi connectivity index (χ1v) is 7.10. The third-order valence-corrected chi connectivity index (χ3v) is 4.21. The van der Waals surface area contributed by atoms with Gasteiger partial charge in [0, 0.05) is 20.0 Å². The van der Waals surface area contributed by atoms with Gasteiger partial charge in [-0.25, -0.2) is 4.39 Å². The first kappa shape index (κ1) is 15.0. The Kier molecular flexibility index (Phi) is 3.86. The van der Waals surface area contributed by atoms with Crippen LogP contribution in [0.5, 0.6) is 0 Å². The Morgan fingerprint density at radius 2 is 2.00 bits per heavy atom. The van der Waals surface area contributed by atoms with Gasteiger partial charge >= 0.3 is 0 Å². The van der Waals surface area contributed by atoms with Gasteiger partial charge in [-0.15, -0.1) is 0 Å². The highest BCUT2D eigenvalue weighted by Gasteiger charge is 2.44. The van der Waals surface area contributed by atoms with E-state index in [1.54, 1.807) is 32.0 Å². The topological polar surface area (TPSA) is 40.6 Å². The summed E-state index contributed by atoms with van der Waals surface area (Å²) in [6, 6.07) is 4.83. The van der Waals surface area contributed by atoms with Crippen molar-refractivity contribution in [3.05, 3.63) is 28.5 Å². The van der Waals surface area contributed by atoms with Crippen LogP contribution in [0.25, 0.3) is 0 Å².